The molecule has 0 aromatic heterocycles. The number of rotatable bonds is 7. The van der Waals surface area contributed by atoms with Gasteiger partial charge in [0.15, 0.2) is 6.10 Å². The summed E-state index contributed by atoms with van der Waals surface area (Å²) in [5.41, 5.74) is 3.90. The quantitative estimate of drug-likeness (QED) is 0.522. The van der Waals surface area contributed by atoms with Crippen LogP contribution < -0.4 is 10.1 Å². The summed E-state index contributed by atoms with van der Waals surface area (Å²) in [6.45, 7) is 6.50. The highest BCUT2D eigenvalue weighted by molar-refractivity contribution is 5.81. The van der Waals surface area contributed by atoms with E-state index in [4.69, 9.17) is 4.74 Å². The Hall–Kier alpha value is -3.67. The number of nitrogens with one attached hydrogen (secondary N) is 1. The van der Waals surface area contributed by atoms with Gasteiger partial charge in [0.25, 0.3) is 5.91 Å². The first-order valence-corrected chi connectivity index (χ1v) is 12.0. The average Bonchev–Trinajstić information content (AvgIpc) is 2.87. The smallest absolute Gasteiger partial charge is 0.261 e. The van der Waals surface area contributed by atoms with E-state index in [0.29, 0.717) is 18.8 Å². The van der Waals surface area contributed by atoms with Gasteiger partial charge in [-0.25, -0.2) is 4.39 Å². The summed E-state index contributed by atoms with van der Waals surface area (Å²) in [5.74, 6) is -0.0912. The Morgan fingerprint density at radius 3 is 2.43 bits per heavy atom. The van der Waals surface area contributed by atoms with Gasteiger partial charge in [-0.15, -0.1) is 0 Å². The van der Waals surface area contributed by atoms with Crippen molar-refractivity contribution in [2.45, 2.75) is 45.9 Å². The third-order valence-electron chi connectivity index (χ3n) is 6.30. The van der Waals surface area contributed by atoms with Crippen LogP contribution in [-0.2, 0) is 22.6 Å². The first-order valence-electron chi connectivity index (χ1n) is 12.0. The van der Waals surface area contributed by atoms with E-state index < -0.39 is 6.10 Å². The molecule has 182 valence electrons. The predicted octanol–water partition coefficient (Wildman–Crippen LogP) is 5.04. The van der Waals surface area contributed by atoms with Gasteiger partial charge in [0.05, 0.1) is 6.04 Å². The van der Waals surface area contributed by atoms with E-state index in [9.17, 15) is 14.0 Å². The van der Waals surface area contributed by atoms with Crippen molar-refractivity contribution in [1.29, 1.82) is 0 Å². The molecule has 0 bridgehead atoms. The Labute approximate surface area is 205 Å². The number of carbonyl (C=O) groups is 2. The first-order chi connectivity index (χ1) is 16.8. The Kier molecular flexibility index (Phi) is 7.49. The van der Waals surface area contributed by atoms with Crippen LogP contribution in [0.3, 0.4) is 0 Å². The minimum absolute atomic E-state index is 0.0463. The largest absolute Gasteiger partial charge is 0.481 e. The molecule has 6 heteroatoms. The normalized spacial score (nSPS) is 15.9. The third-order valence-corrected chi connectivity index (χ3v) is 6.30. The molecule has 1 N–H and O–H groups in total. The van der Waals surface area contributed by atoms with Crippen LogP contribution in [0.4, 0.5) is 4.39 Å². The molecule has 0 unspecified atom stereocenters. The molecule has 4 rings (SSSR count). The van der Waals surface area contributed by atoms with Gasteiger partial charge in [-0.1, -0.05) is 62.4 Å². The number of halogens is 1. The van der Waals surface area contributed by atoms with Gasteiger partial charge >= 0.3 is 0 Å². The van der Waals surface area contributed by atoms with Gasteiger partial charge in [-0.2, -0.15) is 0 Å². The molecule has 5 nitrogen and oxygen atoms in total. The van der Waals surface area contributed by atoms with Crippen molar-refractivity contribution >= 4 is 11.8 Å². The zero-order valence-corrected chi connectivity index (χ0v) is 20.3. The lowest BCUT2D eigenvalue weighted by Gasteiger charge is -2.39. The molecule has 0 aliphatic carbocycles. The SMILES string of the molecule is CC(C)C(=O)N1CCc2ccc(O[C@@H](C)C(=O)NCc3ccccc3)cc2[C@@H]1c1ccc(F)cc1. The summed E-state index contributed by atoms with van der Waals surface area (Å²) in [4.78, 5) is 27.5. The number of hydrogen-bond acceptors (Lipinski definition) is 3. The van der Waals surface area contributed by atoms with E-state index >= 15 is 0 Å². The molecule has 0 saturated heterocycles. The van der Waals surface area contributed by atoms with E-state index in [2.05, 4.69) is 5.32 Å². The Morgan fingerprint density at radius 1 is 1.03 bits per heavy atom. The monoisotopic (exact) mass is 474 g/mol. The van der Waals surface area contributed by atoms with Crippen LogP contribution in [0.25, 0.3) is 0 Å². The molecule has 0 saturated carbocycles. The molecule has 2 atom stereocenters. The summed E-state index contributed by atoms with van der Waals surface area (Å²) >= 11 is 0. The maximum Gasteiger partial charge on any atom is 0.261 e. The number of hydrogen-bond donors (Lipinski definition) is 1. The summed E-state index contributed by atoms with van der Waals surface area (Å²) in [6.07, 6.45) is 0.0248. The number of fused-ring (bicyclic) bond motifs is 1. The predicted molar refractivity (Wildman–Crippen MR) is 133 cm³/mol. The van der Waals surface area contributed by atoms with Crippen LogP contribution in [0.15, 0.2) is 72.8 Å². The van der Waals surface area contributed by atoms with Crippen LogP contribution in [0.5, 0.6) is 5.75 Å². The van der Waals surface area contributed by atoms with E-state index in [1.807, 2.05) is 67.3 Å². The molecular weight excluding hydrogens is 443 g/mol. The summed E-state index contributed by atoms with van der Waals surface area (Å²) in [7, 11) is 0. The van der Waals surface area contributed by atoms with Crippen molar-refractivity contribution < 1.29 is 18.7 Å². The van der Waals surface area contributed by atoms with E-state index in [1.54, 1.807) is 19.1 Å². The second kappa shape index (κ2) is 10.7. The lowest BCUT2D eigenvalue weighted by Crippen LogP contribution is -2.42. The lowest BCUT2D eigenvalue weighted by atomic mass is 9.87. The molecular formula is C29H31FN2O3. The topological polar surface area (TPSA) is 58.6 Å². The zero-order valence-electron chi connectivity index (χ0n) is 20.3. The first kappa shape index (κ1) is 24.5. The Morgan fingerprint density at radius 2 is 1.74 bits per heavy atom. The van der Waals surface area contributed by atoms with Gasteiger partial charge in [0.1, 0.15) is 11.6 Å². The van der Waals surface area contributed by atoms with Crippen molar-refractivity contribution in [1.82, 2.24) is 10.2 Å². The van der Waals surface area contributed by atoms with Crippen molar-refractivity contribution in [2.24, 2.45) is 5.92 Å². The molecule has 1 aliphatic rings. The summed E-state index contributed by atoms with van der Waals surface area (Å²) in [5, 5.41) is 2.90. The van der Waals surface area contributed by atoms with E-state index in [0.717, 1.165) is 28.7 Å². The van der Waals surface area contributed by atoms with Crippen LogP contribution >= 0.6 is 0 Å². The highest BCUT2D eigenvalue weighted by atomic mass is 19.1. The van der Waals surface area contributed by atoms with Crippen molar-refractivity contribution in [3.05, 3.63) is 101 Å². The highest BCUT2D eigenvalue weighted by Crippen LogP contribution is 2.38. The molecule has 35 heavy (non-hydrogen) atoms. The van der Waals surface area contributed by atoms with Crippen LogP contribution in [0.2, 0.25) is 0 Å². The minimum Gasteiger partial charge on any atom is -0.481 e. The molecule has 3 aromatic rings. The highest BCUT2D eigenvalue weighted by Gasteiger charge is 2.33. The molecule has 1 aliphatic heterocycles. The number of nitrogens with zero attached hydrogens (tertiary/aromatic N) is 1. The Bertz CT molecular complexity index is 1180. The minimum atomic E-state index is -0.696. The van der Waals surface area contributed by atoms with E-state index in [1.165, 1.54) is 12.1 Å². The lowest BCUT2D eigenvalue weighted by molar-refractivity contribution is -0.136. The fourth-order valence-corrected chi connectivity index (χ4v) is 4.43. The number of carbonyl (C=O) groups excluding carboxylic acids is 2. The van der Waals surface area contributed by atoms with Gasteiger partial charge in [0, 0.05) is 19.0 Å². The number of amides is 2. The van der Waals surface area contributed by atoms with Gasteiger partial charge in [-0.3, -0.25) is 9.59 Å². The van der Waals surface area contributed by atoms with Crippen molar-refractivity contribution in [3.63, 3.8) is 0 Å². The fraction of sp³-hybridized carbons (Fsp3) is 0.310. The molecule has 2 amide bonds. The van der Waals surface area contributed by atoms with E-state index in [-0.39, 0.29) is 29.6 Å². The van der Waals surface area contributed by atoms with Crippen molar-refractivity contribution in [3.8, 4) is 5.75 Å². The van der Waals surface area contributed by atoms with Crippen molar-refractivity contribution in [2.75, 3.05) is 6.54 Å². The number of benzene rings is 3. The maximum atomic E-state index is 13.6. The molecule has 0 fully saturated rings. The third kappa shape index (κ3) is 5.70. The van der Waals surface area contributed by atoms with Crippen LogP contribution in [-0.4, -0.2) is 29.4 Å². The van der Waals surface area contributed by atoms with Gasteiger partial charge in [0.2, 0.25) is 5.91 Å². The molecule has 3 aromatic carbocycles. The zero-order chi connectivity index (χ0) is 24.9. The van der Waals surface area contributed by atoms with Gasteiger partial charge in [-0.05, 0) is 59.9 Å². The fourth-order valence-electron chi connectivity index (χ4n) is 4.43. The summed E-state index contributed by atoms with van der Waals surface area (Å²) < 4.78 is 19.7. The second-order valence-electron chi connectivity index (χ2n) is 9.21. The van der Waals surface area contributed by atoms with Crippen LogP contribution in [0, 0.1) is 11.7 Å². The molecule has 1 heterocycles. The molecule has 0 spiro atoms. The summed E-state index contributed by atoms with van der Waals surface area (Å²) in [6, 6.07) is 21.4. The van der Waals surface area contributed by atoms with Crippen LogP contribution in [0.1, 0.15) is 49.1 Å². The maximum absolute atomic E-state index is 13.6. The molecule has 0 radical (unpaired) electrons. The average molecular weight is 475 g/mol. The Balaban J connectivity index is 1.57. The van der Waals surface area contributed by atoms with Gasteiger partial charge < -0.3 is 15.0 Å². The number of ether oxygens (including phenoxy) is 1. The standard InChI is InChI=1S/C29H31FN2O3/c1-19(2)29(34)32-16-15-22-11-14-25(17-26(22)27(32)23-9-12-24(30)13-10-23)35-20(3)28(33)31-18-21-7-5-4-6-8-21/h4-14,17,19-20,27H,15-16,18H2,1-3H3,(H,31,33)/t20-,27-/m0/s1. The second-order valence-corrected chi connectivity index (χ2v) is 9.21.